The maximum absolute atomic E-state index is 10.7. The average molecular weight is 499 g/mol. The third-order valence-corrected chi connectivity index (χ3v) is 4.66. The molecule has 1 unspecified atom stereocenters. The quantitative estimate of drug-likeness (QED) is 0.106. The van der Waals surface area contributed by atoms with Crippen molar-refractivity contribution in [3.63, 3.8) is 0 Å². The number of esters is 1. The standard InChI is InChI=1S/C14H22O6.C13H24O2/c15-6-7-17-8-9-18-10-11-19-12-14(16)20-13-4-2-1-3-5-13;1-3-5-6-7-8-9-10-11-12-15-13(14)4-2/h1-5,14-16H,6-12H2;4H,2-3,5-12H2,1H3. The third-order valence-electron chi connectivity index (χ3n) is 4.66. The predicted octanol–water partition coefficient (Wildman–Crippen LogP) is 4.28. The Bertz CT molecular complexity index is 582. The number of ether oxygens (including phenoxy) is 5. The van der Waals surface area contributed by atoms with E-state index in [0.717, 1.165) is 12.8 Å². The van der Waals surface area contributed by atoms with Gasteiger partial charge in [-0.15, -0.1) is 0 Å². The van der Waals surface area contributed by atoms with Crippen molar-refractivity contribution in [1.82, 2.24) is 0 Å². The highest BCUT2D eigenvalue weighted by atomic mass is 16.6. The molecule has 0 radical (unpaired) electrons. The summed E-state index contributed by atoms with van der Waals surface area (Å²) in [6.45, 7) is 8.22. The number of carbonyl (C=O) groups is 1. The van der Waals surface area contributed by atoms with Gasteiger partial charge in [0.15, 0.2) is 0 Å². The Morgan fingerprint density at radius 1 is 0.857 bits per heavy atom. The predicted molar refractivity (Wildman–Crippen MR) is 136 cm³/mol. The van der Waals surface area contributed by atoms with Crippen molar-refractivity contribution in [2.45, 2.75) is 64.6 Å². The second-order valence-electron chi connectivity index (χ2n) is 7.76. The van der Waals surface area contributed by atoms with E-state index in [2.05, 4.69) is 13.5 Å². The molecular formula is C27H46O8. The molecule has 0 spiro atoms. The van der Waals surface area contributed by atoms with Crippen LogP contribution in [-0.2, 0) is 23.7 Å². The van der Waals surface area contributed by atoms with E-state index >= 15 is 0 Å². The van der Waals surface area contributed by atoms with Crippen LogP contribution < -0.4 is 4.74 Å². The molecule has 1 aromatic rings. The molecule has 2 N–H and O–H groups in total. The van der Waals surface area contributed by atoms with Gasteiger partial charge in [0.25, 0.3) is 0 Å². The van der Waals surface area contributed by atoms with Gasteiger partial charge in [0, 0.05) is 6.08 Å². The minimum absolute atomic E-state index is 0.0163. The van der Waals surface area contributed by atoms with Crippen LogP contribution >= 0.6 is 0 Å². The lowest BCUT2D eigenvalue weighted by Gasteiger charge is -2.13. The second kappa shape index (κ2) is 26.6. The Morgan fingerprint density at radius 3 is 2.03 bits per heavy atom. The molecule has 8 nitrogen and oxygen atoms in total. The smallest absolute Gasteiger partial charge is 0.330 e. The molecule has 0 aliphatic carbocycles. The summed E-state index contributed by atoms with van der Waals surface area (Å²) in [5, 5.41) is 18.0. The van der Waals surface area contributed by atoms with Crippen LogP contribution in [0.3, 0.4) is 0 Å². The largest absolute Gasteiger partial charge is 0.463 e. The van der Waals surface area contributed by atoms with Gasteiger partial charge in [0.05, 0.1) is 46.2 Å². The minimum atomic E-state index is -0.995. The van der Waals surface area contributed by atoms with E-state index in [1.165, 1.54) is 44.6 Å². The lowest BCUT2D eigenvalue weighted by atomic mass is 10.1. The summed E-state index contributed by atoms with van der Waals surface area (Å²) in [6.07, 6.45) is 10.3. The van der Waals surface area contributed by atoms with Crippen LogP contribution in [0.15, 0.2) is 43.0 Å². The van der Waals surface area contributed by atoms with Crippen LogP contribution in [0.2, 0.25) is 0 Å². The summed E-state index contributed by atoms with van der Waals surface area (Å²) in [7, 11) is 0. The maximum Gasteiger partial charge on any atom is 0.330 e. The topological polar surface area (TPSA) is 104 Å². The second-order valence-corrected chi connectivity index (χ2v) is 7.76. The van der Waals surface area contributed by atoms with E-state index < -0.39 is 6.29 Å². The van der Waals surface area contributed by atoms with Gasteiger partial charge in [0.2, 0.25) is 6.29 Å². The van der Waals surface area contributed by atoms with Crippen LogP contribution in [0.1, 0.15) is 58.3 Å². The molecule has 0 heterocycles. The molecule has 1 atom stereocenters. The fraction of sp³-hybridized carbons (Fsp3) is 0.667. The first-order valence-corrected chi connectivity index (χ1v) is 12.7. The van der Waals surface area contributed by atoms with E-state index in [-0.39, 0.29) is 19.2 Å². The van der Waals surface area contributed by atoms with Crippen LogP contribution in [0.25, 0.3) is 0 Å². The molecule has 35 heavy (non-hydrogen) atoms. The highest BCUT2D eigenvalue weighted by Gasteiger charge is 2.05. The maximum atomic E-state index is 10.7. The molecule has 0 aliphatic heterocycles. The SMILES string of the molecule is C=CC(=O)OCCCCCCCCCC.OCCOCCOCCOCC(O)Oc1ccccc1. The molecule has 0 saturated heterocycles. The fourth-order valence-corrected chi connectivity index (χ4v) is 2.85. The summed E-state index contributed by atoms with van der Waals surface area (Å²) in [6, 6.07) is 9.06. The van der Waals surface area contributed by atoms with Crippen molar-refractivity contribution in [2.24, 2.45) is 0 Å². The number of rotatable bonds is 22. The number of hydrogen-bond donors (Lipinski definition) is 2. The highest BCUT2D eigenvalue weighted by Crippen LogP contribution is 2.10. The molecule has 0 aromatic heterocycles. The zero-order valence-corrected chi connectivity index (χ0v) is 21.4. The molecular weight excluding hydrogens is 452 g/mol. The first-order valence-electron chi connectivity index (χ1n) is 12.7. The zero-order valence-electron chi connectivity index (χ0n) is 21.4. The molecule has 1 rings (SSSR count). The van der Waals surface area contributed by atoms with Crippen LogP contribution in [-0.4, -0.2) is 75.3 Å². The Kier molecular flexibility index (Phi) is 25.1. The molecule has 0 amide bonds. The molecule has 0 saturated carbocycles. The van der Waals surface area contributed by atoms with E-state index in [1.807, 2.05) is 18.2 Å². The van der Waals surface area contributed by atoms with Crippen molar-refractivity contribution < 1.29 is 38.7 Å². The normalized spacial score (nSPS) is 11.3. The van der Waals surface area contributed by atoms with Crippen molar-refractivity contribution >= 4 is 5.97 Å². The van der Waals surface area contributed by atoms with Gasteiger partial charge in [-0.1, -0.05) is 76.6 Å². The summed E-state index contributed by atoms with van der Waals surface area (Å²) in [5.74, 6) is 0.291. The third kappa shape index (κ3) is 24.9. The van der Waals surface area contributed by atoms with Crippen LogP contribution in [0.5, 0.6) is 5.75 Å². The molecule has 8 heteroatoms. The van der Waals surface area contributed by atoms with E-state index in [4.69, 9.17) is 28.8 Å². The van der Waals surface area contributed by atoms with Crippen molar-refractivity contribution in [2.75, 3.05) is 52.9 Å². The summed E-state index contributed by atoms with van der Waals surface area (Å²) < 4.78 is 25.6. The van der Waals surface area contributed by atoms with Gasteiger partial charge < -0.3 is 33.9 Å². The number of aliphatic hydroxyl groups excluding tert-OH is 2. The monoisotopic (exact) mass is 498 g/mol. The fourth-order valence-electron chi connectivity index (χ4n) is 2.85. The number of hydrogen-bond acceptors (Lipinski definition) is 8. The molecule has 1 aromatic carbocycles. The van der Waals surface area contributed by atoms with E-state index in [9.17, 15) is 9.90 Å². The Morgan fingerprint density at radius 2 is 1.43 bits per heavy atom. The Hall–Kier alpha value is -1.97. The van der Waals surface area contributed by atoms with Crippen LogP contribution in [0, 0.1) is 0 Å². The van der Waals surface area contributed by atoms with Crippen molar-refractivity contribution in [3.05, 3.63) is 43.0 Å². The molecule has 0 bridgehead atoms. The summed E-state index contributed by atoms with van der Waals surface area (Å²) in [4.78, 5) is 10.7. The van der Waals surface area contributed by atoms with Gasteiger partial charge >= 0.3 is 5.97 Å². The number of para-hydroxylation sites is 1. The van der Waals surface area contributed by atoms with Gasteiger partial charge in [-0.2, -0.15) is 0 Å². The Labute approximate surface area is 211 Å². The minimum Gasteiger partial charge on any atom is -0.463 e. The first-order chi connectivity index (χ1) is 17.1. The number of aliphatic hydroxyl groups is 2. The number of unbranched alkanes of at least 4 members (excludes halogenated alkanes) is 7. The first kappa shape index (κ1) is 33.0. The van der Waals surface area contributed by atoms with Crippen LogP contribution in [0.4, 0.5) is 0 Å². The molecule has 202 valence electrons. The van der Waals surface area contributed by atoms with Gasteiger partial charge in [-0.25, -0.2) is 4.79 Å². The molecule has 0 aliphatic rings. The summed E-state index contributed by atoms with van der Waals surface area (Å²) >= 11 is 0. The average Bonchev–Trinajstić information content (AvgIpc) is 2.87. The van der Waals surface area contributed by atoms with Gasteiger partial charge in [-0.05, 0) is 18.6 Å². The van der Waals surface area contributed by atoms with Gasteiger partial charge in [0.1, 0.15) is 12.4 Å². The lowest BCUT2D eigenvalue weighted by Crippen LogP contribution is -2.23. The zero-order chi connectivity index (χ0) is 25.8. The number of benzene rings is 1. The number of carbonyl (C=O) groups excluding carboxylic acids is 1. The molecule has 0 fully saturated rings. The summed E-state index contributed by atoms with van der Waals surface area (Å²) in [5.41, 5.74) is 0. The van der Waals surface area contributed by atoms with E-state index in [0.29, 0.717) is 45.4 Å². The Balaban J connectivity index is 0.000000691. The van der Waals surface area contributed by atoms with Crippen molar-refractivity contribution in [1.29, 1.82) is 0 Å². The lowest BCUT2D eigenvalue weighted by molar-refractivity contribution is -0.137. The highest BCUT2D eigenvalue weighted by molar-refractivity contribution is 5.81. The van der Waals surface area contributed by atoms with E-state index in [1.54, 1.807) is 12.1 Å². The van der Waals surface area contributed by atoms with Crippen molar-refractivity contribution in [3.8, 4) is 5.75 Å². The van der Waals surface area contributed by atoms with Gasteiger partial charge in [-0.3, -0.25) is 0 Å².